The third-order valence-electron chi connectivity index (χ3n) is 0.256. The van der Waals surface area contributed by atoms with Gasteiger partial charge in [0.05, 0.1) is 0 Å². The Bertz CT molecular complexity index is 112. The third kappa shape index (κ3) is 3.97. The molecule has 0 heterocycles. The first-order valence-corrected chi connectivity index (χ1v) is 2.42. The summed E-state index contributed by atoms with van der Waals surface area (Å²) in [5.74, 6) is 0. The molecule has 6 heavy (non-hydrogen) atoms. The molecule has 3 heteroatoms. The van der Waals surface area contributed by atoms with Gasteiger partial charge >= 0.3 is 36.8 Å². The molecular weight excluding hydrogens is 97.0 g/mol. The van der Waals surface area contributed by atoms with E-state index in [1.54, 1.807) is 6.92 Å². The monoisotopic (exact) mass is 103 g/mol. The predicted octanol–water partition coefficient (Wildman–Crippen LogP) is 0.585. The fraction of sp³-hybridized carbons (Fsp3) is 0.667. The second-order valence-electron chi connectivity index (χ2n) is 1.01. The maximum absolute atomic E-state index is 9.52. The zero-order valence-corrected chi connectivity index (χ0v) is 4.40. The van der Waals surface area contributed by atoms with Crippen molar-refractivity contribution < 1.29 is 4.57 Å². The van der Waals surface area contributed by atoms with Crippen LogP contribution in [0, 0.1) is 5.63 Å². The van der Waals surface area contributed by atoms with Crippen LogP contribution in [0.25, 0.3) is 0 Å². The van der Waals surface area contributed by atoms with Crippen molar-refractivity contribution in [1.29, 1.82) is 0 Å². The van der Waals surface area contributed by atoms with Crippen LogP contribution >= 0.6 is 7.92 Å². The Morgan fingerprint density at radius 1 is 2.00 bits per heavy atom. The minimum absolute atomic E-state index is 0.101. The number of nitrogens with two attached hydrogens (primary N) is 1. The molecule has 0 aromatic rings. The van der Waals surface area contributed by atoms with Crippen LogP contribution in [0.3, 0.4) is 0 Å². The molecule has 0 aromatic carbocycles. The standard InChI is InChI=1S/C3H6NOP/c1-3(4)2-6-5/h3H,4H2,1H3. The van der Waals surface area contributed by atoms with Gasteiger partial charge in [0.15, 0.2) is 0 Å². The Balaban J connectivity index is 3.49. The molecule has 0 aromatic heterocycles. The van der Waals surface area contributed by atoms with E-state index in [0.717, 1.165) is 0 Å². The van der Waals surface area contributed by atoms with Gasteiger partial charge in [-0.25, -0.2) is 0 Å². The predicted molar refractivity (Wildman–Crippen MR) is 25.1 cm³/mol. The molecule has 0 amide bonds. The Hall–Kier alpha value is -0.0300. The minimum atomic E-state index is -0.177. The molecule has 2 nitrogen and oxygen atoms in total. The summed E-state index contributed by atoms with van der Waals surface area (Å²) >= 11 is 0. The van der Waals surface area contributed by atoms with Gasteiger partial charge in [-0.15, -0.1) is 0 Å². The van der Waals surface area contributed by atoms with Gasteiger partial charge in [-0.2, -0.15) is 0 Å². The average molecular weight is 103 g/mol. The summed E-state index contributed by atoms with van der Waals surface area (Å²) in [6.45, 7) is 1.71. The van der Waals surface area contributed by atoms with Gasteiger partial charge < -0.3 is 0 Å². The molecule has 2 N–H and O–H groups in total. The van der Waals surface area contributed by atoms with E-state index in [9.17, 15) is 4.57 Å². The molecule has 0 rings (SSSR count). The molecule has 0 aliphatic carbocycles. The van der Waals surface area contributed by atoms with Crippen molar-refractivity contribution in [3.05, 3.63) is 0 Å². The van der Waals surface area contributed by atoms with Crippen molar-refractivity contribution in [2.24, 2.45) is 5.73 Å². The second kappa shape index (κ2) is 3.17. The normalized spacial score (nSPS) is 12.3. The van der Waals surface area contributed by atoms with Crippen LogP contribution in [0.2, 0.25) is 0 Å². The summed E-state index contributed by atoms with van der Waals surface area (Å²) < 4.78 is 9.52. The van der Waals surface area contributed by atoms with Crippen LogP contribution in [-0.2, 0) is 4.57 Å². The van der Waals surface area contributed by atoms with Crippen molar-refractivity contribution in [2.45, 2.75) is 13.0 Å². The number of hydrogen-bond acceptors (Lipinski definition) is 2. The van der Waals surface area contributed by atoms with E-state index in [1.165, 1.54) is 0 Å². The van der Waals surface area contributed by atoms with Crippen molar-refractivity contribution in [3.63, 3.8) is 0 Å². The van der Waals surface area contributed by atoms with Gasteiger partial charge in [0.2, 0.25) is 0 Å². The SMILES string of the molecule is CC(N)C#P=O. The van der Waals surface area contributed by atoms with Gasteiger partial charge in [-0.1, -0.05) is 0 Å². The Morgan fingerprint density at radius 3 is 2.50 bits per heavy atom. The Labute approximate surface area is 37.8 Å². The van der Waals surface area contributed by atoms with E-state index in [2.05, 4.69) is 5.63 Å². The van der Waals surface area contributed by atoms with Gasteiger partial charge in [-0.05, 0) is 0 Å². The summed E-state index contributed by atoms with van der Waals surface area (Å²) in [4.78, 5) is 0. The first kappa shape index (κ1) is 5.97. The summed E-state index contributed by atoms with van der Waals surface area (Å²) in [5, 5.41) is 0. The van der Waals surface area contributed by atoms with Gasteiger partial charge in [0, 0.05) is 0 Å². The van der Waals surface area contributed by atoms with E-state index in [4.69, 9.17) is 5.73 Å². The molecule has 0 spiro atoms. The Morgan fingerprint density at radius 2 is 2.50 bits per heavy atom. The van der Waals surface area contributed by atoms with Crippen molar-refractivity contribution in [3.8, 4) is 5.63 Å². The van der Waals surface area contributed by atoms with Crippen LogP contribution in [0.4, 0.5) is 0 Å². The topological polar surface area (TPSA) is 43.1 Å². The van der Waals surface area contributed by atoms with Crippen LogP contribution in [0.15, 0.2) is 0 Å². The summed E-state index contributed by atoms with van der Waals surface area (Å²) in [6.07, 6.45) is 0. The van der Waals surface area contributed by atoms with E-state index < -0.39 is 0 Å². The molecule has 0 fully saturated rings. The average Bonchev–Trinajstić information content (AvgIpc) is 1.35. The molecule has 1 atom stereocenters. The molecular formula is C3H6NOP. The molecule has 0 radical (unpaired) electrons. The van der Waals surface area contributed by atoms with Crippen LogP contribution in [0.5, 0.6) is 0 Å². The molecule has 0 aliphatic rings. The summed E-state index contributed by atoms with van der Waals surface area (Å²) in [7, 11) is -0.101. The zero-order chi connectivity index (χ0) is 4.99. The van der Waals surface area contributed by atoms with Crippen molar-refractivity contribution >= 4 is 7.92 Å². The fourth-order valence-electron chi connectivity index (χ4n) is 0.0831. The summed E-state index contributed by atoms with van der Waals surface area (Å²) in [5.41, 5.74) is 7.49. The maximum atomic E-state index is 9.52. The molecule has 0 saturated heterocycles. The third-order valence-corrected chi connectivity index (χ3v) is 0.769. The van der Waals surface area contributed by atoms with Crippen LogP contribution < -0.4 is 5.73 Å². The number of hydrogen-bond donors (Lipinski definition) is 1. The van der Waals surface area contributed by atoms with Crippen molar-refractivity contribution in [2.75, 3.05) is 0 Å². The second-order valence-corrected chi connectivity index (χ2v) is 1.45. The summed E-state index contributed by atoms with van der Waals surface area (Å²) in [6, 6.07) is -0.177. The molecule has 1 unspecified atom stereocenters. The van der Waals surface area contributed by atoms with Gasteiger partial charge in [-0.3, -0.25) is 0 Å². The van der Waals surface area contributed by atoms with Crippen LogP contribution in [-0.4, -0.2) is 6.04 Å². The van der Waals surface area contributed by atoms with E-state index >= 15 is 0 Å². The van der Waals surface area contributed by atoms with Gasteiger partial charge in [0.1, 0.15) is 0 Å². The molecule has 0 aliphatic heterocycles. The first-order chi connectivity index (χ1) is 2.77. The number of rotatable bonds is 0. The Kier molecular flexibility index (Phi) is 3.16. The van der Waals surface area contributed by atoms with Crippen molar-refractivity contribution in [1.82, 2.24) is 0 Å². The van der Waals surface area contributed by atoms with E-state index in [1.807, 2.05) is 0 Å². The van der Waals surface area contributed by atoms with Gasteiger partial charge in [0.25, 0.3) is 0 Å². The fourth-order valence-corrected chi connectivity index (χ4v) is 0.249. The first-order valence-electron chi connectivity index (χ1n) is 1.61. The molecule has 0 saturated carbocycles. The quantitative estimate of drug-likeness (QED) is 0.456. The van der Waals surface area contributed by atoms with E-state index in [0.29, 0.717) is 0 Å². The van der Waals surface area contributed by atoms with E-state index in [-0.39, 0.29) is 14.0 Å². The zero-order valence-electron chi connectivity index (χ0n) is 3.51. The molecule has 0 bridgehead atoms. The molecule has 34 valence electrons. The van der Waals surface area contributed by atoms with Crippen LogP contribution in [0.1, 0.15) is 6.92 Å².